The molecule has 1 heterocycles. The summed E-state index contributed by atoms with van der Waals surface area (Å²) in [5.74, 6) is -0.343. The Kier molecular flexibility index (Phi) is 4.63. The van der Waals surface area contributed by atoms with Gasteiger partial charge in [-0.3, -0.25) is 4.68 Å². The third kappa shape index (κ3) is 4.14. The summed E-state index contributed by atoms with van der Waals surface area (Å²) in [5, 5.41) is 10.4. The summed E-state index contributed by atoms with van der Waals surface area (Å²) >= 11 is 5.23. The molecule has 0 aliphatic heterocycles. The molecule has 3 rings (SSSR count). The van der Waals surface area contributed by atoms with E-state index in [4.69, 9.17) is 12.2 Å². The molecular formula is C17H15FN4S. The van der Waals surface area contributed by atoms with Crippen LogP contribution in [0.3, 0.4) is 0 Å². The fourth-order valence-electron chi connectivity index (χ4n) is 2.18. The van der Waals surface area contributed by atoms with Crippen LogP contribution in [0.4, 0.5) is 15.8 Å². The summed E-state index contributed by atoms with van der Waals surface area (Å²) in [6, 6.07) is 16.1. The van der Waals surface area contributed by atoms with Gasteiger partial charge >= 0.3 is 0 Å². The Hall–Kier alpha value is -2.73. The molecule has 0 saturated heterocycles. The van der Waals surface area contributed by atoms with Gasteiger partial charge in [-0.15, -0.1) is 0 Å². The number of thiocarbonyl (C=S) groups is 1. The number of halogens is 1. The predicted octanol–water partition coefficient (Wildman–Crippen LogP) is 3.88. The van der Waals surface area contributed by atoms with Gasteiger partial charge in [0.05, 0.1) is 12.2 Å². The summed E-state index contributed by atoms with van der Waals surface area (Å²) in [4.78, 5) is 0. The second-order valence-electron chi connectivity index (χ2n) is 4.96. The molecule has 6 heteroatoms. The number of hydrogen-bond donors (Lipinski definition) is 2. The van der Waals surface area contributed by atoms with Crippen LogP contribution in [0, 0.1) is 5.82 Å². The fraction of sp³-hybridized carbons (Fsp3) is 0.0588. The van der Waals surface area contributed by atoms with Crippen LogP contribution >= 0.6 is 12.2 Å². The van der Waals surface area contributed by atoms with Crippen LogP contribution in [0.15, 0.2) is 67.0 Å². The van der Waals surface area contributed by atoms with Gasteiger partial charge in [-0.25, -0.2) is 4.39 Å². The maximum absolute atomic E-state index is 13.6. The second kappa shape index (κ2) is 7.02. The quantitative estimate of drug-likeness (QED) is 0.714. The molecule has 2 aromatic carbocycles. The van der Waals surface area contributed by atoms with Crippen molar-refractivity contribution in [2.75, 3.05) is 10.6 Å². The highest BCUT2D eigenvalue weighted by molar-refractivity contribution is 7.80. The van der Waals surface area contributed by atoms with E-state index >= 15 is 0 Å². The van der Waals surface area contributed by atoms with Crippen molar-refractivity contribution in [3.8, 4) is 0 Å². The lowest BCUT2D eigenvalue weighted by Gasteiger charge is -2.12. The molecule has 116 valence electrons. The smallest absolute Gasteiger partial charge is 0.175 e. The van der Waals surface area contributed by atoms with E-state index in [9.17, 15) is 4.39 Å². The third-order valence-electron chi connectivity index (χ3n) is 3.21. The van der Waals surface area contributed by atoms with Crippen LogP contribution < -0.4 is 10.6 Å². The molecule has 23 heavy (non-hydrogen) atoms. The molecule has 0 atom stereocenters. The van der Waals surface area contributed by atoms with E-state index in [2.05, 4.69) is 15.7 Å². The van der Waals surface area contributed by atoms with Crippen LogP contribution in [0.5, 0.6) is 0 Å². The Morgan fingerprint density at radius 1 is 1.09 bits per heavy atom. The molecule has 0 fully saturated rings. The zero-order chi connectivity index (χ0) is 16.1. The molecule has 4 nitrogen and oxygen atoms in total. The molecule has 0 spiro atoms. The standard InChI is InChI=1S/C17H15FN4S/c18-15-7-1-2-8-16(15)21-17(23)20-14-6-3-5-13(11-14)12-22-10-4-9-19-22/h1-11H,12H2,(H2,20,21,23). The average molecular weight is 326 g/mol. The Morgan fingerprint density at radius 2 is 1.96 bits per heavy atom. The molecule has 0 aliphatic carbocycles. The van der Waals surface area contributed by atoms with Gasteiger partial charge in [0.15, 0.2) is 5.11 Å². The first-order valence-corrected chi connectivity index (χ1v) is 7.50. The van der Waals surface area contributed by atoms with Crippen LogP contribution in [0.25, 0.3) is 0 Å². The van der Waals surface area contributed by atoms with Crippen molar-refractivity contribution in [2.45, 2.75) is 6.54 Å². The number of aromatic nitrogens is 2. The van der Waals surface area contributed by atoms with E-state index in [1.807, 2.05) is 41.2 Å². The van der Waals surface area contributed by atoms with Gasteiger partial charge in [0.25, 0.3) is 0 Å². The molecule has 0 aliphatic rings. The summed E-state index contributed by atoms with van der Waals surface area (Å²) < 4.78 is 15.4. The highest BCUT2D eigenvalue weighted by Crippen LogP contribution is 2.15. The van der Waals surface area contributed by atoms with Crippen LogP contribution in [0.2, 0.25) is 0 Å². The maximum Gasteiger partial charge on any atom is 0.175 e. The molecule has 2 N–H and O–H groups in total. The largest absolute Gasteiger partial charge is 0.332 e. The van der Waals surface area contributed by atoms with E-state index < -0.39 is 0 Å². The number of nitrogens with zero attached hydrogens (tertiary/aromatic N) is 2. The minimum absolute atomic E-state index is 0.339. The Labute approximate surface area is 139 Å². The van der Waals surface area contributed by atoms with E-state index in [0.29, 0.717) is 17.3 Å². The van der Waals surface area contributed by atoms with Gasteiger partial charge in [-0.1, -0.05) is 24.3 Å². The van der Waals surface area contributed by atoms with Gasteiger partial charge in [-0.2, -0.15) is 5.10 Å². The topological polar surface area (TPSA) is 41.9 Å². The van der Waals surface area contributed by atoms with Crippen molar-refractivity contribution < 1.29 is 4.39 Å². The Morgan fingerprint density at radius 3 is 2.74 bits per heavy atom. The molecular weight excluding hydrogens is 311 g/mol. The number of nitrogens with one attached hydrogen (secondary N) is 2. The molecule has 3 aromatic rings. The lowest BCUT2D eigenvalue weighted by molar-refractivity contribution is 0.632. The minimum atomic E-state index is -0.343. The predicted molar refractivity (Wildman–Crippen MR) is 94.0 cm³/mol. The number of hydrogen-bond acceptors (Lipinski definition) is 2. The molecule has 0 saturated carbocycles. The Bertz CT molecular complexity index is 802. The average Bonchev–Trinajstić information content (AvgIpc) is 3.03. The first-order valence-electron chi connectivity index (χ1n) is 7.09. The Balaban J connectivity index is 1.65. The molecule has 0 unspecified atom stereocenters. The number of anilines is 2. The highest BCUT2D eigenvalue weighted by Gasteiger charge is 2.04. The maximum atomic E-state index is 13.6. The normalized spacial score (nSPS) is 10.3. The van der Waals surface area contributed by atoms with Gasteiger partial charge in [0.1, 0.15) is 5.82 Å². The first-order chi connectivity index (χ1) is 11.2. The monoisotopic (exact) mass is 326 g/mol. The zero-order valence-electron chi connectivity index (χ0n) is 12.2. The SMILES string of the molecule is Fc1ccccc1NC(=S)Nc1cccc(Cn2cccn2)c1. The lowest BCUT2D eigenvalue weighted by Crippen LogP contribution is -2.19. The van der Waals surface area contributed by atoms with Crippen molar-refractivity contribution in [2.24, 2.45) is 0 Å². The van der Waals surface area contributed by atoms with E-state index in [-0.39, 0.29) is 5.82 Å². The van der Waals surface area contributed by atoms with E-state index in [1.165, 1.54) is 6.07 Å². The number of rotatable bonds is 4. The van der Waals surface area contributed by atoms with Crippen LogP contribution in [-0.4, -0.2) is 14.9 Å². The molecule has 0 radical (unpaired) electrons. The van der Waals surface area contributed by atoms with Gasteiger partial charge < -0.3 is 10.6 Å². The second-order valence-corrected chi connectivity index (χ2v) is 5.37. The van der Waals surface area contributed by atoms with Crippen molar-refractivity contribution in [1.29, 1.82) is 0 Å². The number of para-hydroxylation sites is 1. The van der Waals surface area contributed by atoms with E-state index in [0.717, 1.165) is 11.3 Å². The van der Waals surface area contributed by atoms with Crippen LogP contribution in [-0.2, 0) is 6.54 Å². The van der Waals surface area contributed by atoms with Gasteiger partial charge in [-0.05, 0) is 48.1 Å². The van der Waals surface area contributed by atoms with Crippen molar-refractivity contribution in [3.05, 3.63) is 78.4 Å². The summed E-state index contributed by atoms with van der Waals surface area (Å²) in [5.41, 5.74) is 2.27. The van der Waals surface area contributed by atoms with Gasteiger partial charge in [0.2, 0.25) is 0 Å². The number of benzene rings is 2. The van der Waals surface area contributed by atoms with Crippen LogP contribution in [0.1, 0.15) is 5.56 Å². The first kappa shape index (κ1) is 15.2. The van der Waals surface area contributed by atoms with Crippen molar-refractivity contribution >= 4 is 28.7 Å². The molecule has 1 aromatic heterocycles. The third-order valence-corrected chi connectivity index (χ3v) is 3.41. The van der Waals surface area contributed by atoms with Crippen molar-refractivity contribution in [3.63, 3.8) is 0 Å². The zero-order valence-corrected chi connectivity index (χ0v) is 13.1. The lowest BCUT2D eigenvalue weighted by atomic mass is 10.2. The minimum Gasteiger partial charge on any atom is -0.332 e. The van der Waals surface area contributed by atoms with Gasteiger partial charge in [0, 0.05) is 18.1 Å². The molecule has 0 amide bonds. The fourth-order valence-corrected chi connectivity index (χ4v) is 2.40. The molecule has 0 bridgehead atoms. The van der Waals surface area contributed by atoms with Crippen molar-refractivity contribution in [1.82, 2.24) is 9.78 Å². The van der Waals surface area contributed by atoms with E-state index in [1.54, 1.807) is 24.4 Å². The summed E-state index contributed by atoms with van der Waals surface area (Å²) in [6.45, 7) is 0.677. The highest BCUT2D eigenvalue weighted by atomic mass is 32.1. The summed E-state index contributed by atoms with van der Waals surface area (Å²) in [6.07, 6.45) is 3.65. The summed E-state index contributed by atoms with van der Waals surface area (Å²) in [7, 11) is 0.